The average molecular weight is 439 g/mol. The molecule has 0 unspecified atom stereocenters. The zero-order valence-corrected chi connectivity index (χ0v) is 18.2. The van der Waals surface area contributed by atoms with Crippen LogP contribution in [0.4, 0.5) is 5.95 Å². The number of aromatic nitrogens is 3. The van der Waals surface area contributed by atoms with Crippen LogP contribution in [0.2, 0.25) is 5.02 Å². The van der Waals surface area contributed by atoms with Crippen LogP contribution < -0.4 is 10.6 Å². The Morgan fingerprint density at radius 1 is 1.19 bits per heavy atom. The second-order valence-corrected chi connectivity index (χ2v) is 8.84. The van der Waals surface area contributed by atoms with E-state index in [1.54, 1.807) is 6.20 Å². The Hall–Kier alpha value is -2.64. The molecule has 0 saturated carbocycles. The molecule has 3 N–H and O–H groups in total. The van der Waals surface area contributed by atoms with E-state index < -0.39 is 0 Å². The molecule has 0 radical (unpaired) electrons. The summed E-state index contributed by atoms with van der Waals surface area (Å²) in [4.78, 5) is 27.4. The normalized spacial score (nSPS) is 20.2. The van der Waals surface area contributed by atoms with Crippen molar-refractivity contribution in [3.8, 4) is 11.3 Å². The van der Waals surface area contributed by atoms with E-state index in [0.717, 1.165) is 61.8 Å². The third-order valence-corrected chi connectivity index (χ3v) is 6.62. The quantitative estimate of drug-likeness (QED) is 0.578. The number of fused-ring (bicyclic) bond motifs is 1. The summed E-state index contributed by atoms with van der Waals surface area (Å²) < 4.78 is 0. The van der Waals surface area contributed by atoms with Gasteiger partial charge in [-0.05, 0) is 44.8 Å². The maximum absolute atomic E-state index is 12.9. The molecule has 5 rings (SSSR count). The molecule has 0 bridgehead atoms. The van der Waals surface area contributed by atoms with Crippen molar-refractivity contribution in [3.05, 3.63) is 41.7 Å². The molecule has 2 aliphatic heterocycles. The first-order chi connectivity index (χ1) is 15.2. The molecule has 1 atom stereocenters. The summed E-state index contributed by atoms with van der Waals surface area (Å²) in [5.41, 5.74) is 2.70. The van der Waals surface area contributed by atoms with Crippen molar-refractivity contribution < 1.29 is 4.79 Å². The maximum atomic E-state index is 12.9. The highest BCUT2D eigenvalue weighted by molar-refractivity contribution is 6.33. The molecule has 8 heteroatoms. The minimum Gasteiger partial charge on any atom is -0.360 e. The number of carbonyl (C=O) groups excluding carboxylic acids is 1. The van der Waals surface area contributed by atoms with Crippen molar-refractivity contribution in [3.63, 3.8) is 0 Å². The number of benzene rings is 1. The number of rotatable bonds is 4. The third-order valence-electron chi connectivity index (χ3n) is 6.34. The maximum Gasteiger partial charge on any atom is 0.225 e. The third kappa shape index (κ3) is 4.25. The van der Waals surface area contributed by atoms with Gasteiger partial charge in [-0.2, -0.15) is 0 Å². The molecule has 2 saturated heterocycles. The van der Waals surface area contributed by atoms with Gasteiger partial charge >= 0.3 is 0 Å². The average Bonchev–Trinajstić information content (AvgIpc) is 3.25. The fourth-order valence-electron chi connectivity index (χ4n) is 4.70. The van der Waals surface area contributed by atoms with E-state index in [1.165, 1.54) is 0 Å². The Labute approximate surface area is 186 Å². The number of aromatic amines is 1. The molecule has 2 aromatic heterocycles. The first-order valence-corrected chi connectivity index (χ1v) is 11.4. The molecule has 2 fully saturated rings. The van der Waals surface area contributed by atoms with Crippen LogP contribution in [-0.2, 0) is 4.79 Å². The first-order valence-electron chi connectivity index (χ1n) is 11.0. The van der Waals surface area contributed by atoms with Gasteiger partial charge in [0.15, 0.2) is 0 Å². The van der Waals surface area contributed by atoms with Crippen LogP contribution in [0.1, 0.15) is 25.7 Å². The summed E-state index contributed by atoms with van der Waals surface area (Å²) in [7, 11) is 0. The standard InChI is InChI=1S/C23H27ClN6O/c24-19-13-27-23(29-21(19)18-12-26-20-6-2-1-5-17(18)20)28-16-4-3-11-30(14-16)22(31)15-7-9-25-10-8-15/h1-2,5-6,12-13,15-16,25-26H,3-4,7-11,14H2,(H,27,28,29)/t16-/m1/s1. The lowest BCUT2D eigenvalue weighted by molar-refractivity contribution is -0.137. The lowest BCUT2D eigenvalue weighted by atomic mass is 9.95. The molecule has 0 spiro atoms. The summed E-state index contributed by atoms with van der Waals surface area (Å²) in [6, 6.07) is 8.22. The zero-order valence-electron chi connectivity index (χ0n) is 17.4. The van der Waals surface area contributed by atoms with Crippen LogP contribution in [0.5, 0.6) is 0 Å². The van der Waals surface area contributed by atoms with E-state index in [4.69, 9.17) is 16.6 Å². The van der Waals surface area contributed by atoms with E-state index in [-0.39, 0.29) is 12.0 Å². The van der Waals surface area contributed by atoms with E-state index >= 15 is 0 Å². The van der Waals surface area contributed by atoms with Crippen LogP contribution in [0.25, 0.3) is 22.2 Å². The van der Waals surface area contributed by atoms with Gasteiger partial charge in [0.25, 0.3) is 0 Å². The Morgan fingerprint density at radius 3 is 2.90 bits per heavy atom. The fraction of sp³-hybridized carbons (Fsp3) is 0.435. The van der Waals surface area contributed by atoms with Crippen LogP contribution in [0, 0.1) is 5.92 Å². The van der Waals surface area contributed by atoms with Crippen molar-refractivity contribution in [1.29, 1.82) is 0 Å². The molecule has 4 heterocycles. The largest absolute Gasteiger partial charge is 0.360 e. The lowest BCUT2D eigenvalue weighted by Crippen LogP contribution is -2.48. The highest BCUT2D eigenvalue weighted by atomic mass is 35.5. The van der Waals surface area contributed by atoms with Crippen molar-refractivity contribution in [1.82, 2.24) is 25.2 Å². The molecular weight excluding hydrogens is 412 g/mol. The van der Waals surface area contributed by atoms with Crippen molar-refractivity contribution >= 4 is 34.4 Å². The number of halogens is 1. The van der Waals surface area contributed by atoms with Gasteiger partial charge in [-0.1, -0.05) is 29.8 Å². The Kier molecular flexibility index (Phi) is 5.78. The SMILES string of the molecule is O=C(C1CCNCC1)N1CCC[C@@H](Nc2ncc(Cl)c(-c3c[nH]c4ccccc34)n2)C1. The molecule has 1 aromatic carbocycles. The zero-order chi connectivity index (χ0) is 21.2. The van der Waals surface area contributed by atoms with Crippen molar-refractivity contribution in [2.24, 2.45) is 5.92 Å². The van der Waals surface area contributed by atoms with Gasteiger partial charge in [-0.25, -0.2) is 9.97 Å². The molecule has 31 heavy (non-hydrogen) atoms. The number of piperidine rings is 2. The lowest BCUT2D eigenvalue weighted by Gasteiger charge is -2.36. The number of carbonyl (C=O) groups is 1. The molecule has 2 aliphatic rings. The monoisotopic (exact) mass is 438 g/mol. The number of nitrogens with zero attached hydrogens (tertiary/aromatic N) is 3. The Bertz CT molecular complexity index is 1080. The number of hydrogen-bond donors (Lipinski definition) is 3. The predicted octanol–water partition coefficient (Wildman–Crippen LogP) is 3.68. The second kappa shape index (κ2) is 8.85. The summed E-state index contributed by atoms with van der Waals surface area (Å²) >= 11 is 6.46. The Morgan fingerprint density at radius 2 is 2.03 bits per heavy atom. The highest BCUT2D eigenvalue weighted by Gasteiger charge is 2.30. The second-order valence-electron chi connectivity index (χ2n) is 8.43. The van der Waals surface area contributed by atoms with E-state index in [9.17, 15) is 4.79 Å². The number of likely N-dealkylation sites (tertiary alicyclic amines) is 1. The highest BCUT2D eigenvalue weighted by Crippen LogP contribution is 2.32. The number of H-pyrrole nitrogens is 1. The van der Waals surface area contributed by atoms with Gasteiger partial charge in [-0.3, -0.25) is 4.79 Å². The minimum atomic E-state index is 0.136. The minimum absolute atomic E-state index is 0.136. The van der Waals surface area contributed by atoms with Crippen molar-refractivity contribution in [2.75, 3.05) is 31.5 Å². The van der Waals surface area contributed by atoms with Gasteiger partial charge in [0.05, 0.1) is 16.9 Å². The van der Waals surface area contributed by atoms with Crippen LogP contribution in [0.15, 0.2) is 36.7 Å². The number of hydrogen-bond acceptors (Lipinski definition) is 5. The van der Waals surface area contributed by atoms with Crippen LogP contribution in [-0.4, -0.2) is 58.0 Å². The predicted molar refractivity (Wildman–Crippen MR) is 123 cm³/mol. The van der Waals surface area contributed by atoms with Crippen molar-refractivity contribution in [2.45, 2.75) is 31.7 Å². The Balaban J connectivity index is 1.32. The summed E-state index contributed by atoms with van der Waals surface area (Å²) in [5, 5.41) is 8.37. The molecule has 3 aromatic rings. The number of para-hydroxylation sites is 1. The number of nitrogens with one attached hydrogen (secondary N) is 3. The smallest absolute Gasteiger partial charge is 0.225 e. The van der Waals surface area contributed by atoms with Gasteiger partial charge in [0.2, 0.25) is 11.9 Å². The van der Waals surface area contributed by atoms with Gasteiger partial charge in [0.1, 0.15) is 0 Å². The van der Waals surface area contributed by atoms with Crippen LogP contribution in [0.3, 0.4) is 0 Å². The molecule has 162 valence electrons. The topological polar surface area (TPSA) is 85.9 Å². The number of anilines is 1. The molecule has 0 aliphatic carbocycles. The molecular formula is C23H27ClN6O. The summed E-state index contributed by atoms with van der Waals surface area (Å²) in [6.07, 6.45) is 7.42. The summed E-state index contributed by atoms with van der Waals surface area (Å²) in [6.45, 7) is 3.39. The number of amides is 1. The summed E-state index contributed by atoms with van der Waals surface area (Å²) in [5.74, 6) is 0.996. The van der Waals surface area contributed by atoms with Crippen LogP contribution >= 0.6 is 11.6 Å². The fourth-order valence-corrected chi connectivity index (χ4v) is 4.89. The van der Waals surface area contributed by atoms with E-state index in [2.05, 4.69) is 26.7 Å². The van der Waals surface area contributed by atoms with E-state index in [1.807, 2.05) is 29.3 Å². The molecule has 7 nitrogen and oxygen atoms in total. The molecule has 1 amide bonds. The van der Waals surface area contributed by atoms with Gasteiger partial charge in [0, 0.05) is 47.7 Å². The first kappa shape index (κ1) is 20.3. The van der Waals surface area contributed by atoms with E-state index in [0.29, 0.717) is 29.1 Å². The van der Waals surface area contributed by atoms with Gasteiger partial charge < -0.3 is 20.5 Å². The van der Waals surface area contributed by atoms with Gasteiger partial charge in [-0.15, -0.1) is 0 Å².